The third kappa shape index (κ3) is 3.18. The predicted molar refractivity (Wildman–Crippen MR) is 80.1 cm³/mol. The molecule has 8 heteroatoms. The van der Waals surface area contributed by atoms with Crippen molar-refractivity contribution in [2.45, 2.75) is 31.0 Å². The molecule has 1 fully saturated rings. The molecule has 0 unspecified atom stereocenters. The lowest BCUT2D eigenvalue weighted by Gasteiger charge is -2.25. The zero-order valence-corrected chi connectivity index (χ0v) is 13.0. The van der Waals surface area contributed by atoms with Gasteiger partial charge in [-0.2, -0.15) is 13.2 Å². The molecule has 4 nitrogen and oxygen atoms in total. The number of carbonyl (C=O) groups is 1. The lowest BCUT2D eigenvalue weighted by Crippen LogP contribution is -2.48. The van der Waals surface area contributed by atoms with Crippen LogP contribution in [0.1, 0.15) is 17.8 Å². The number of fused-ring (bicyclic) bond motifs is 1. The molecular weight excluding hydrogens is 329 g/mol. The van der Waals surface area contributed by atoms with Crippen molar-refractivity contribution < 1.29 is 23.1 Å². The van der Waals surface area contributed by atoms with Crippen molar-refractivity contribution in [2.24, 2.45) is 0 Å². The molecule has 1 aliphatic rings. The van der Waals surface area contributed by atoms with Crippen LogP contribution in [-0.4, -0.2) is 45.8 Å². The number of hydrogen-bond donors (Lipinski definition) is 1. The first-order valence-electron chi connectivity index (χ1n) is 7.20. The number of hydrogen-bond acceptors (Lipinski definition) is 4. The molecule has 3 rings (SSSR count). The fourth-order valence-corrected chi connectivity index (χ4v) is 3.60. The molecule has 1 aliphatic heterocycles. The Kier molecular flexibility index (Phi) is 4.05. The second-order valence-electron chi connectivity index (χ2n) is 5.67. The highest BCUT2D eigenvalue weighted by molar-refractivity contribution is 7.18. The molecule has 1 amide bonds. The number of thiazole rings is 1. The van der Waals surface area contributed by atoms with Gasteiger partial charge in [0.2, 0.25) is 5.91 Å². The summed E-state index contributed by atoms with van der Waals surface area (Å²) in [5, 5.41) is 10.4. The molecule has 124 valence electrons. The van der Waals surface area contributed by atoms with Gasteiger partial charge in [0.1, 0.15) is 0 Å². The molecule has 0 bridgehead atoms. The van der Waals surface area contributed by atoms with Gasteiger partial charge < -0.3 is 10.0 Å². The Morgan fingerprint density at radius 3 is 2.78 bits per heavy atom. The van der Waals surface area contributed by atoms with Gasteiger partial charge in [0.25, 0.3) is 0 Å². The van der Waals surface area contributed by atoms with Gasteiger partial charge in [-0.15, -0.1) is 11.3 Å². The molecule has 1 N–H and O–H groups in total. The molecule has 1 aromatic carbocycles. The van der Waals surface area contributed by atoms with Crippen molar-refractivity contribution >= 4 is 27.5 Å². The summed E-state index contributed by atoms with van der Waals surface area (Å²) in [5.74, 6) is -0.385. The molecular formula is C15H15F3N2O2S. The van der Waals surface area contributed by atoms with Gasteiger partial charge in [0.15, 0.2) is 5.60 Å². The van der Waals surface area contributed by atoms with Crippen molar-refractivity contribution in [3.05, 3.63) is 29.3 Å². The zero-order valence-electron chi connectivity index (χ0n) is 12.1. The number of para-hydroxylation sites is 1. The van der Waals surface area contributed by atoms with Crippen LogP contribution in [-0.2, 0) is 11.2 Å². The third-order valence-electron chi connectivity index (χ3n) is 4.02. The van der Waals surface area contributed by atoms with Crippen molar-refractivity contribution in [1.82, 2.24) is 9.88 Å². The number of benzene rings is 1. The van der Waals surface area contributed by atoms with Crippen molar-refractivity contribution in [1.29, 1.82) is 0 Å². The normalized spacial score (nSPS) is 22.0. The van der Waals surface area contributed by atoms with Gasteiger partial charge in [-0.05, 0) is 12.1 Å². The molecule has 1 aromatic heterocycles. The maximum absolute atomic E-state index is 12.8. The Hall–Kier alpha value is -1.67. The fourth-order valence-electron chi connectivity index (χ4n) is 2.64. The summed E-state index contributed by atoms with van der Waals surface area (Å²) < 4.78 is 39.3. The highest BCUT2D eigenvalue weighted by Gasteiger charge is 2.57. The molecule has 2 heterocycles. The molecule has 2 aromatic rings. The highest BCUT2D eigenvalue weighted by Crippen LogP contribution is 2.37. The Morgan fingerprint density at radius 1 is 1.39 bits per heavy atom. The number of nitrogens with zero attached hydrogens (tertiary/aromatic N) is 2. The minimum Gasteiger partial charge on any atom is -0.379 e. The maximum Gasteiger partial charge on any atom is 0.419 e. The second-order valence-corrected chi connectivity index (χ2v) is 6.79. The smallest absolute Gasteiger partial charge is 0.379 e. The summed E-state index contributed by atoms with van der Waals surface area (Å²) in [4.78, 5) is 17.6. The van der Waals surface area contributed by atoms with Gasteiger partial charge in [-0.3, -0.25) is 4.79 Å². The van der Waals surface area contributed by atoms with Crippen molar-refractivity contribution in [3.8, 4) is 0 Å². The van der Waals surface area contributed by atoms with E-state index in [0.717, 1.165) is 20.1 Å². The van der Waals surface area contributed by atoms with Gasteiger partial charge in [0.05, 0.1) is 21.8 Å². The van der Waals surface area contributed by atoms with E-state index in [0.29, 0.717) is 6.42 Å². The maximum atomic E-state index is 12.8. The van der Waals surface area contributed by atoms with Crippen molar-refractivity contribution in [3.63, 3.8) is 0 Å². The van der Waals surface area contributed by atoms with E-state index in [-0.39, 0.29) is 18.9 Å². The van der Waals surface area contributed by atoms with E-state index in [4.69, 9.17) is 0 Å². The summed E-state index contributed by atoms with van der Waals surface area (Å²) >= 11 is 1.47. The van der Waals surface area contributed by atoms with Gasteiger partial charge >= 0.3 is 6.18 Å². The standard InChI is InChI=1S/C15H15F3N2O2S/c16-15(17,18)14(22)7-8-20(9-14)13(21)6-5-12-19-10-3-1-2-4-11(10)23-12/h1-4,22H,5-9H2/t14-/m1/s1. The second kappa shape index (κ2) is 5.76. The summed E-state index contributed by atoms with van der Waals surface area (Å²) in [6.45, 7) is -0.760. The molecule has 1 saturated heterocycles. The van der Waals surface area contributed by atoms with E-state index < -0.39 is 24.7 Å². The van der Waals surface area contributed by atoms with Crippen LogP contribution in [0.25, 0.3) is 10.2 Å². The number of carbonyl (C=O) groups excluding carboxylic acids is 1. The summed E-state index contributed by atoms with van der Waals surface area (Å²) in [5.41, 5.74) is -1.93. The number of rotatable bonds is 3. The zero-order chi connectivity index (χ0) is 16.7. The third-order valence-corrected chi connectivity index (χ3v) is 5.12. The predicted octanol–water partition coefficient (Wildman–Crippen LogP) is 2.75. The fraction of sp³-hybridized carbons (Fsp3) is 0.467. The highest BCUT2D eigenvalue weighted by atomic mass is 32.1. The first kappa shape index (κ1) is 16.2. The number of alkyl halides is 3. The lowest BCUT2D eigenvalue weighted by molar-refractivity contribution is -0.253. The SMILES string of the molecule is O=C(CCc1nc2ccccc2s1)N1CC[C@](O)(C(F)(F)F)C1. The number of aliphatic hydroxyl groups is 1. The quantitative estimate of drug-likeness (QED) is 0.932. The minimum absolute atomic E-state index is 0.0747. The van der Waals surface area contributed by atoms with Crippen LogP contribution in [0, 0.1) is 0 Å². The average molecular weight is 344 g/mol. The first-order valence-corrected chi connectivity index (χ1v) is 8.01. The Labute approximate surface area is 134 Å². The van der Waals surface area contributed by atoms with Crippen LogP contribution in [0.3, 0.4) is 0 Å². The molecule has 23 heavy (non-hydrogen) atoms. The Balaban J connectivity index is 1.60. The molecule has 0 aliphatic carbocycles. The first-order chi connectivity index (χ1) is 10.8. The number of amides is 1. The van der Waals surface area contributed by atoms with Crippen LogP contribution in [0.4, 0.5) is 13.2 Å². The van der Waals surface area contributed by atoms with E-state index in [9.17, 15) is 23.1 Å². The van der Waals surface area contributed by atoms with Crippen LogP contribution >= 0.6 is 11.3 Å². The van der Waals surface area contributed by atoms with E-state index >= 15 is 0 Å². The Bertz CT molecular complexity index is 698. The number of likely N-dealkylation sites (tertiary alicyclic amines) is 1. The van der Waals surface area contributed by atoms with Gasteiger partial charge in [-0.1, -0.05) is 12.1 Å². The number of aromatic nitrogens is 1. The van der Waals surface area contributed by atoms with Crippen LogP contribution < -0.4 is 0 Å². The lowest BCUT2D eigenvalue weighted by atomic mass is 10.0. The average Bonchev–Trinajstić information content (AvgIpc) is 3.08. The largest absolute Gasteiger partial charge is 0.419 e. The van der Waals surface area contributed by atoms with Crippen LogP contribution in [0.5, 0.6) is 0 Å². The monoisotopic (exact) mass is 344 g/mol. The molecule has 0 spiro atoms. The van der Waals surface area contributed by atoms with E-state index in [2.05, 4.69) is 4.98 Å². The minimum atomic E-state index is -4.71. The van der Waals surface area contributed by atoms with Crippen LogP contribution in [0.15, 0.2) is 24.3 Å². The van der Waals surface area contributed by atoms with E-state index in [1.54, 1.807) is 0 Å². The Morgan fingerprint density at radius 2 is 2.13 bits per heavy atom. The summed E-state index contributed by atoms with van der Waals surface area (Å²) in [6, 6.07) is 7.58. The van der Waals surface area contributed by atoms with E-state index in [1.165, 1.54) is 11.3 Å². The van der Waals surface area contributed by atoms with E-state index in [1.807, 2.05) is 24.3 Å². The van der Waals surface area contributed by atoms with Gasteiger partial charge in [0, 0.05) is 25.8 Å². The van der Waals surface area contributed by atoms with Gasteiger partial charge in [-0.25, -0.2) is 4.98 Å². The number of β-amino-alcohol motifs (C(OH)–C–C–N with tert-alkyl or cyclic N) is 1. The topological polar surface area (TPSA) is 53.4 Å². The molecule has 1 atom stereocenters. The van der Waals surface area contributed by atoms with Crippen molar-refractivity contribution in [2.75, 3.05) is 13.1 Å². The number of halogens is 3. The summed E-state index contributed by atoms with van der Waals surface area (Å²) in [7, 11) is 0. The number of aryl methyl sites for hydroxylation is 1. The molecule has 0 radical (unpaired) electrons. The summed E-state index contributed by atoms with van der Waals surface area (Å²) in [6.07, 6.45) is -4.70. The molecule has 0 saturated carbocycles. The van der Waals surface area contributed by atoms with Crippen LogP contribution in [0.2, 0.25) is 0 Å².